The van der Waals surface area contributed by atoms with Gasteiger partial charge in [0.05, 0.1) is 23.3 Å². The minimum absolute atomic E-state index is 0.0448. The van der Waals surface area contributed by atoms with Crippen LogP contribution in [0, 0.1) is 34.5 Å². The Morgan fingerprint density at radius 3 is 1.54 bits per heavy atom. The lowest BCUT2D eigenvalue weighted by atomic mass is 9.69. The lowest BCUT2D eigenvalue weighted by molar-refractivity contribution is 0.659. The van der Waals surface area contributed by atoms with Gasteiger partial charge in [0.25, 0.3) is 0 Å². The summed E-state index contributed by atoms with van der Waals surface area (Å²) in [7, 11) is 0. The summed E-state index contributed by atoms with van der Waals surface area (Å²) in [6.07, 6.45) is 8.87. The number of hydrogen-bond donors (Lipinski definition) is 0. The second kappa shape index (κ2) is 13.0. The smallest absolute Gasteiger partial charge is 0.142 e. The minimum Gasteiger partial charge on any atom is -0.455 e. The van der Waals surface area contributed by atoms with E-state index >= 15 is 0 Å². The molecule has 0 aliphatic heterocycles. The molecule has 9 aromatic rings. The minimum atomic E-state index is 0.0448. The molecule has 0 radical (unpaired) electrons. The zero-order valence-corrected chi connectivity index (χ0v) is 30.8. The van der Waals surface area contributed by atoms with E-state index in [2.05, 4.69) is 158 Å². The molecule has 3 heteroatoms. The second-order valence-electron chi connectivity index (χ2n) is 14.8. The number of rotatable bonds is 4. The third-order valence-corrected chi connectivity index (χ3v) is 12.0. The molecular formula is C54H32N2O. The highest BCUT2D eigenvalue weighted by Gasteiger charge is 2.34. The Morgan fingerprint density at radius 2 is 0.912 bits per heavy atom. The maximum atomic E-state index is 10.2. The van der Waals surface area contributed by atoms with Gasteiger partial charge in [0.15, 0.2) is 0 Å². The SMILES string of the molecule is N#Cc1ccccc1C1=c2ccccc2=C(c2cccc3c2oc2ccc(-c4c5ccccc5c(-c5ccccc5C#N)c5ccccc45)cc23)C2C=CC=CC12. The van der Waals surface area contributed by atoms with Crippen molar-refractivity contribution in [1.82, 2.24) is 0 Å². The fraction of sp³-hybridized carbons (Fsp3) is 0.0370. The Kier molecular flexibility index (Phi) is 7.43. The van der Waals surface area contributed by atoms with Gasteiger partial charge >= 0.3 is 0 Å². The first-order chi connectivity index (χ1) is 28.2. The van der Waals surface area contributed by atoms with Gasteiger partial charge < -0.3 is 4.42 Å². The van der Waals surface area contributed by atoms with E-state index in [1.54, 1.807) is 0 Å². The van der Waals surface area contributed by atoms with Crippen molar-refractivity contribution in [3.8, 4) is 34.4 Å². The van der Waals surface area contributed by atoms with Crippen LogP contribution in [0.2, 0.25) is 0 Å². The average Bonchev–Trinajstić information content (AvgIpc) is 3.66. The lowest BCUT2D eigenvalue weighted by Gasteiger charge is -2.33. The summed E-state index contributed by atoms with van der Waals surface area (Å²) in [6, 6.07) is 59.6. The molecule has 0 amide bonds. The third-order valence-electron chi connectivity index (χ3n) is 12.0. The predicted octanol–water partition coefficient (Wildman–Crippen LogP) is 11.7. The molecule has 0 bridgehead atoms. The van der Waals surface area contributed by atoms with Gasteiger partial charge in [0.1, 0.15) is 11.2 Å². The zero-order chi connectivity index (χ0) is 38.0. The summed E-state index contributed by atoms with van der Waals surface area (Å²) in [5.74, 6) is 0.0914. The molecule has 1 heterocycles. The van der Waals surface area contributed by atoms with Crippen LogP contribution >= 0.6 is 0 Å². The molecule has 2 unspecified atom stereocenters. The lowest BCUT2D eigenvalue weighted by Crippen LogP contribution is -2.40. The van der Waals surface area contributed by atoms with E-state index in [0.717, 1.165) is 87.3 Å². The molecule has 2 aliphatic rings. The van der Waals surface area contributed by atoms with Crippen molar-refractivity contribution in [1.29, 1.82) is 10.5 Å². The molecule has 0 fully saturated rings. The van der Waals surface area contributed by atoms with E-state index in [-0.39, 0.29) is 11.8 Å². The highest BCUT2D eigenvalue weighted by atomic mass is 16.3. The number of para-hydroxylation sites is 1. The van der Waals surface area contributed by atoms with Crippen molar-refractivity contribution in [2.24, 2.45) is 11.8 Å². The maximum absolute atomic E-state index is 10.2. The highest BCUT2D eigenvalue weighted by molar-refractivity contribution is 6.22. The Hall–Kier alpha value is -7.72. The number of nitrogens with zero attached hydrogens (tertiary/aromatic N) is 2. The van der Waals surface area contributed by atoms with Gasteiger partial charge in [0, 0.05) is 33.7 Å². The fourth-order valence-corrected chi connectivity index (χ4v) is 9.63. The monoisotopic (exact) mass is 724 g/mol. The summed E-state index contributed by atoms with van der Waals surface area (Å²) >= 11 is 0. The molecule has 2 atom stereocenters. The first-order valence-corrected chi connectivity index (χ1v) is 19.3. The zero-order valence-electron chi connectivity index (χ0n) is 30.8. The maximum Gasteiger partial charge on any atom is 0.142 e. The van der Waals surface area contributed by atoms with Crippen LogP contribution in [0.1, 0.15) is 22.3 Å². The van der Waals surface area contributed by atoms with Crippen LogP contribution in [0.3, 0.4) is 0 Å². The van der Waals surface area contributed by atoms with Crippen molar-refractivity contribution in [2.75, 3.05) is 0 Å². The van der Waals surface area contributed by atoms with Gasteiger partial charge in [-0.05, 0) is 89.6 Å². The van der Waals surface area contributed by atoms with Crippen LogP contribution in [0.15, 0.2) is 186 Å². The van der Waals surface area contributed by atoms with Crippen molar-refractivity contribution in [3.05, 3.63) is 215 Å². The van der Waals surface area contributed by atoms with Crippen molar-refractivity contribution >= 4 is 54.6 Å². The predicted molar refractivity (Wildman–Crippen MR) is 231 cm³/mol. The van der Waals surface area contributed by atoms with Gasteiger partial charge in [-0.2, -0.15) is 10.5 Å². The molecule has 11 rings (SSSR count). The summed E-state index contributed by atoms with van der Waals surface area (Å²) < 4.78 is 6.90. The number of allylic oxidation sites excluding steroid dienone is 4. The second-order valence-corrected chi connectivity index (χ2v) is 14.8. The summed E-state index contributed by atoms with van der Waals surface area (Å²) in [6.45, 7) is 0. The standard InChI is InChI=1S/C54H32N2O/c55-31-34-14-1-3-16-36(34)51-40-20-7-5-18-38(40)50(39-19-6-8-21-41(39)51)33-28-29-49-48(30-33)46-26-13-27-47(54(46)57-49)53-44-24-11-9-22-42(44)52(43-23-10-12-25-45(43)53)37-17-4-2-15-35(37)32-56/h1-30,42,44H. The van der Waals surface area contributed by atoms with Gasteiger partial charge in [-0.25, -0.2) is 0 Å². The Bertz CT molecular complexity index is 3400. The van der Waals surface area contributed by atoms with Gasteiger partial charge in [-0.1, -0.05) is 158 Å². The number of fused-ring (bicyclic) bond motifs is 7. The molecule has 0 saturated carbocycles. The van der Waals surface area contributed by atoms with Crippen LogP contribution in [-0.4, -0.2) is 0 Å². The first kappa shape index (κ1) is 32.7. The summed E-state index contributed by atoms with van der Waals surface area (Å²) in [5, 5.41) is 29.2. The van der Waals surface area contributed by atoms with Crippen LogP contribution in [0.25, 0.3) is 76.9 Å². The number of furan rings is 1. The topological polar surface area (TPSA) is 60.7 Å². The molecule has 2 aliphatic carbocycles. The quantitative estimate of drug-likeness (QED) is 0.170. The first-order valence-electron chi connectivity index (χ1n) is 19.3. The van der Waals surface area contributed by atoms with Gasteiger partial charge in [0.2, 0.25) is 0 Å². The molecule has 8 aromatic carbocycles. The van der Waals surface area contributed by atoms with Crippen molar-refractivity contribution in [2.45, 2.75) is 0 Å². The highest BCUT2D eigenvalue weighted by Crippen LogP contribution is 2.47. The fourth-order valence-electron chi connectivity index (χ4n) is 9.63. The normalized spacial score (nSPS) is 15.8. The Balaban J connectivity index is 1.17. The number of benzene rings is 8. The van der Waals surface area contributed by atoms with Crippen LogP contribution in [-0.2, 0) is 0 Å². The molecular weight excluding hydrogens is 693 g/mol. The number of hydrogen-bond acceptors (Lipinski definition) is 3. The molecule has 0 N–H and O–H groups in total. The molecule has 0 spiro atoms. The van der Waals surface area contributed by atoms with E-state index < -0.39 is 0 Å². The molecule has 1 aromatic heterocycles. The average molecular weight is 725 g/mol. The van der Waals surface area contributed by atoms with Crippen molar-refractivity contribution in [3.63, 3.8) is 0 Å². The van der Waals surface area contributed by atoms with E-state index in [1.165, 1.54) is 11.1 Å². The van der Waals surface area contributed by atoms with Crippen molar-refractivity contribution < 1.29 is 4.42 Å². The van der Waals surface area contributed by atoms with Crippen LogP contribution in [0.4, 0.5) is 0 Å². The van der Waals surface area contributed by atoms with Gasteiger partial charge in [-0.15, -0.1) is 0 Å². The van der Waals surface area contributed by atoms with Crippen LogP contribution < -0.4 is 10.4 Å². The summed E-state index contributed by atoms with van der Waals surface area (Å²) in [5.41, 5.74) is 11.8. The van der Waals surface area contributed by atoms with Crippen LogP contribution in [0.5, 0.6) is 0 Å². The van der Waals surface area contributed by atoms with E-state index in [4.69, 9.17) is 4.42 Å². The number of nitriles is 2. The molecule has 57 heavy (non-hydrogen) atoms. The van der Waals surface area contributed by atoms with Gasteiger partial charge in [-0.3, -0.25) is 0 Å². The largest absolute Gasteiger partial charge is 0.455 e. The van der Waals surface area contributed by atoms with E-state index in [9.17, 15) is 10.5 Å². The van der Waals surface area contributed by atoms with E-state index in [1.807, 2.05) is 36.4 Å². The molecule has 3 nitrogen and oxygen atoms in total. The Morgan fingerprint density at radius 1 is 0.421 bits per heavy atom. The summed E-state index contributed by atoms with van der Waals surface area (Å²) in [4.78, 5) is 0. The third kappa shape index (κ3) is 4.90. The Labute approximate surface area is 329 Å². The molecule has 264 valence electrons. The van der Waals surface area contributed by atoms with E-state index in [0.29, 0.717) is 11.1 Å². The molecule has 0 saturated heterocycles.